The first-order chi connectivity index (χ1) is 11.2. The number of nitrogens with zero attached hydrogens (tertiary/aromatic N) is 2. The number of aromatic amines is 1. The molecule has 9 heteroatoms. The van der Waals surface area contributed by atoms with Crippen LogP contribution in [-0.4, -0.2) is 27.3 Å². The van der Waals surface area contributed by atoms with Crippen molar-refractivity contribution >= 4 is 17.8 Å². The lowest BCUT2D eigenvalue weighted by molar-refractivity contribution is 0.0996. The fourth-order valence-corrected chi connectivity index (χ4v) is 2.22. The van der Waals surface area contributed by atoms with Crippen LogP contribution in [0.3, 0.4) is 0 Å². The molecule has 1 unspecified atom stereocenters. The number of urea groups is 1. The molecule has 0 saturated carbocycles. The fourth-order valence-electron chi connectivity index (χ4n) is 2.22. The topological polar surface area (TPSA) is 126 Å². The Morgan fingerprint density at radius 1 is 1.21 bits per heavy atom. The second-order valence-corrected chi connectivity index (χ2v) is 6.33. The molecule has 1 aromatic heterocycles. The Morgan fingerprint density at radius 3 is 2.38 bits per heavy atom. The molecule has 0 spiro atoms. The van der Waals surface area contributed by atoms with Gasteiger partial charge in [0.25, 0.3) is 5.91 Å². The molecular formula is C15H19FN6O2. The van der Waals surface area contributed by atoms with Crippen molar-refractivity contribution in [2.24, 2.45) is 11.1 Å². The summed E-state index contributed by atoms with van der Waals surface area (Å²) in [5.74, 6) is -1.23. The number of rotatable bonds is 4. The van der Waals surface area contributed by atoms with Crippen molar-refractivity contribution in [3.8, 4) is 0 Å². The van der Waals surface area contributed by atoms with Crippen LogP contribution in [0.4, 0.5) is 15.0 Å². The second-order valence-electron chi connectivity index (χ2n) is 6.33. The van der Waals surface area contributed by atoms with Gasteiger partial charge in [-0.3, -0.25) is 10.1 Å². The molecule has 1 aromatic carbocycles. The molecule has 128 valence electrons. The number of amides is 3. The van der Waals surface area contributed by atoms with Gasteiger partial charge in [-0.1, -0.05) is 32.9 Å². The SMILES string of the molecule is CC(C)(C)C(NC(=O)Nc1n[nH]nc1C(N)=O)c1ccc(F)cc1. The van der Waals surface area contributed by atoms with E-state index in [0.717, 1.165) is 5.56 Å². The van der Waals surface area contributed by atoms with E-state index in [2.05, 4.69) is 26.0 Å². The van der Waals surface area contributed by atoms with Crippen LogP contribution in [0.15, 0.2) is 24.3 Å². The Balaban J connectivity index is 2.17. The van der Waals surface area contributed by atoms with Gasteiger partial charge in [-0.25, -0.2) is 9.18 Å². The highest BCUT2D eigenvalue weighted by Gasteiger charge is 2.28. The summed E-state index contributed by atoms with van der Waals surface area (Å²) in [5.41, 5.74) is 5.38. The zero-order valence-electron chi connectivity index (χ0n) is 13.6. The van der Waals surface area contributed by atoms with Gasteiger partial charge in [-0.05, 0) is 23.1 Å². The number of benzene rings is 1. The Morgan fingerprint density at radius 2 is 1.83 bits per heavy atom. The van der Waals surface area contributed by atoms with E-state index in [-0.39, 0.29) is 22.7 Å². The smallest absolute Gasteiger partial charge is 0.321 e. The number of carbonyl (C=O) groups is 2. The summed E-state index contributed by atoms with van der Waals surface area (Å²) in [4.78, 5) is 23.4. The van der Waals surface area contributed by atoms with E-state index in [0.29, 0.717) is 0 Å². The van der Waals surface area contributed by atoms with Crippen molar-refractivity contribution in [2.45, 2.75) is 26.8 Å². The van der Waals surface area contributed by atoms with Gasteiger partial charge in [-0.15, -0.1) is 10.2 Å². The zero-order valence-corrected chi connectivity index (χ0v) is 13.6. The third kappa shape index (κ3) is 4.06. The predicted octanol–water partition coefficient (Wildman–Crippen LogP) is 1.95. The maximum Gasteiger partial charge on any atom is 0.321 e. The van der Waals surface area contributed by atoms with Crippen molar-refractivity contribution in [1.29, 1.82) is 0 Å². The van der Waals surface area contributed by atoms with E-state index < -0.39 is 18.0 Å². The Labute approximate surface area is 138 Å². The average molecular weight is 334 g/mol. The highest BCUT2D eigenvalue weighted by molar-refractivity contribution is 5.99. The minimum atomic E-state index is -0.815. The van der Waals surface area contributed by atoms with Gasteiger partial charge in [0, 0.05) is 0 Å². The quantitative estimate of drug-likeness (QED) is 0.681. The van der Waals surface area contributed by atoms with Gasteiger partial charge in [0.15, 0.2) is 11.5 Å². The van der Waals surface area contributed by atoms with E-state index in [9.17, 15) is 14.0 Å². The molecule has 0 fully saturated rings. The lowest BCUT2D eigenvalue weighted by atomic mass is 9.82. The van der Waals surface area contributed by atoms with Gasteiger partial charge < -0.3 is 11.1 Å². The van der Waals surface area contributed by atoms with E-state index in [1.165, 1.54) is 12.1 Å². The number of anilines is 1. The number of nitrogens with one attached hydrogen (secondary N) is 3. The number of carbonyl (C=O) groups excluding carboxylic acids is 2. The second kappa shape index (κ2) is 6.65. The van der Waals surface area contributed by atoms with E-state index in [1.807, 2.05) is 20.8 Å². The third-order valence-corrected chi connectivity index (χ3v) is 3.36. The van der Waals surface area contributed by atoms with Crippen molar-refractivity contribution in [3.05, 3.63) is 41.3 Å². The summed E-state index contributed by atoms with van der Waals surface area (Å²) in [5, 5.41) is 14.7. The number of halogens is 1. The van der Waals surface area contributed by atoms with Crippen molar-refractivity contribution in [1.82, 2.24) is 20.7 Å². The monoisotopic (exact) mass is 334 g/mol. The Bertz CT molecular complexity index is 735. The molecule has 0 aliphatic rings. The molecule has 0 aliphatic carbocycles. The Hall–Kier alpha value is -2.97. The van der Waals surface area contributed by atoms with Gasteiger partial charge in [-0.2, -0.15) is 5.21 Å². The lowest BCUT2D eigenvalue weighted by Gasteiger charge is -2.31. The maximum absolute atomic E-state index is 13.1. The first-order valence-corrected chi connectivity index (χ1v) is 7.22. The molecule has 8 nitrogen and oxygen atoms in total. The summed E-state index contributed by atoms with van der Waals surface area (Å²) in [6.07, 6.45) is 0. The van der Waals surface area contributed by atoms with Crippen LogP contribution in [0.25, 0.3) is 0 Å². The molecule has 2 aromatic rings. The fraction of sp³-hybridized carbons (Fsp3) is 0.333. The largest absolute Gasteiger partial charge is 0.364 e. The normalized spacial score (nSPS) is 12.5. The zero-order chi connectivity index (χ0) is 17.9. The molecular weight excluding hydrogens is 315 g/mol. The minimum Gasteiger partial charge on any atom is -0.364 e. The number of aromatic nitrogens is 3. The first kappa shape index (κ1) is 17.4. The van der Waals surface area contributed by atoms with Crippen LogP contribution >= 0.6 is 0 Å². The standard InChI is InChI=1S/C15H19FN6O2/c1-15(2,3)11(8-4-6-9(16)7-5-8)18-14(24)19-13-10(12(17)23)20-22-21-13/h4-7,11H,1-3H3,(H2,17,23)(H3,18,19,20,21,22,24). The Kier molecular flexibility index (Phi) is 4.82. The van der Waals surface area contributed by atoms with Crippen molar-refractivity contribution in [3.63, 3.8) is 0 Å². The molecule has 0 radical (unpaired) electrons. The summed E-state index contributed by atoms with van der Waals surface area (Å²) in [7, 11) is 0. The lowest BCUT2D eigenvalue weighted by Crippen LogP contribution is -2.39. The van der Waals surface area contributed by atoms with Crippen LogP contribution < -0.4 is 16.4 Å². The van der Waals surface area contributed by atoms with Gasteiger partial charge in [0.1, 0.15) is 5.82 Å². The number of H-pyrrole nitrogens is 1. The molecule has 0 saturated heterocycles. The van der Waals surface area contributed by atoms with E-state index in [4.69, 9.17) is 5.73 Å². The maximum atomic E-state index is 13.1. The predicted molar refractivity (Wildman–Crippen MR) is 85.7 cm³/mol. The molecule has 3 amide bonds. The summed E-state index contributed by atoms with van der Waals surface area (Å²) in [6.45, 7) is 5.81. The molecule has 1 atom stereocenters. The third-order valence-electron chi connectivity index (χ3n) is 3.36. The first-order valence-electron chi connectivity index (χ1n) is 7.22. The number of hydrogen-bond acceptors (Lipinski definition) is 4. The average Bonchev–Trinajstić information content (AvgIpc) is 2.93. The number of hydrogen-bond donors (Lipinski definition) is 4. The summed E-state index contributed by atoms with van der Waals surface area (Å²) < 4.78 is 13.1. The van der Waals surface area contributed by atoms with Crippen molar-refractivity contribution in [2.75, 3.05) is 5.32 Å². The van der Waals surface area contributed by atoms with Gasteiger partial charge >= 0.3 is 6.03 Å². The molecule has 1 heterocycles. The highest BCUT2D eigenvalue weighted by Crippen LogP contribution is 2.32. The summed E-state index contributed by atoms with van der Waals surface area (Å²) in [6, 6.07) is 4.89. The minimum absolute atomic E-state index is 0.0632. The molecule has 0 bridgehead atoms. The summed E-state index contributed by atoms with van der Waals surface area (Å²) >= 11 is 0. The number of primary amides is 1. The highest BCUT2D eigenvalue weighted by atomic mass is 19.1. The van der Waals surface area contributed by atoms with Crippen LogP contribution in [0.5, 0.6) is 0 Å². The van der Waals surface area contributed by atoms with Crippen LogP contribution in [-0.2, 0) is 0 Å². The van der Waals surface area contributed by atoms with E-state index >= 15 is 0 Å². The molecule has 24 heavy (non-hydrogen) atoms. The van der Waals surface area contributed by atoms with Crippen molar-refractivity contribution < 1.29 is 14.0 Å². The van der Waals surface area contributed by atoms with E-state index in [1.54, 1.807) is 12.1 Å². The molecule has 2 rings (SSSR count). The number of nitrogens with two attached hydrogens (primary N) is 1. The molecule has 0 aliphatic heterocycles. The molecule has 5 N–H and O–H groups in total. The van der Waals surface area contributed by atoms with Gasteiger partial charge in [0.05, 0.1) is 6.04 Å². The van der Waals surface area contributed by atoms with Crippen LogP contribution in [0.2, 0.25) is 0 Å². The van der Waals surface area contributed by atoms with Gasteiger partial charge in [0.2, 0.25) is 0 Å². The van der Waals surface area contributed by atoms with Crippen LogP contribution in [0, 0.1) is 11.2 Å². The van der Waals surface area contributed by atoms with Crippen LogP contribution in [0.1, 0.15) is 42.9 Å².